The molecule has 2 aromatic rings. The summed E-state index contributed by atoms with van der Waals surface area (Å²) in [7, 11) is -3.50. The maximum atomic E-state index is 12.7. The Kier molecular flexibility index (Phi) is 6.04. The fourth-order valence-corrected chi connectivity index (χ4v) is 4.18. The van der Waals surface area contributed by atoms with Gasteiger partial charge in [-0.1, -0.05) is 17.7 Å². The van der Waals surface area contributed by atoms with Gasteiger partial charge in [0.05, 0.1) is 23.9 Å². The molecule has 1 aromatic carbocycles. The van der Waals surface area contributed by atoms with Crippen LogP contribution in [0.1, 0.15) is 11.3 Å². The minimum atomic E-state index is -3.50. The summed E-state index contributed by atoms with van der Waals surface area (Å²) in [6.45, 7) is 3.74. The van der Waals surface area contributed by atoms with E-state index in [0.29, 0.717) is 36.8 Å². The van der Waals surface area contributed by atoms with Crippen LogP contribution in [0.4, 0.5) is 0 Å². The highest BCUT2D eigenvalue weighted by atomic mass is 32.2. The number of hydrogen-bond acceptors (Lipinski definition) is 6. The van der Waals surface area contributed by atoms with Gasteiger partial charge < -0.3 is 4.42 Å². The zero-order valence-corrected chi connectivity index (χ0v) is 15.9. The molecule has 0 radical (unpaired) electrons. The van der Waals surface area contributed by atoms with E-state index in [-0.39, 0.29) is 12.5 Å². The van der Waals surface area contributed by atoms with Gasteiger partial charge in [0.1, 0.15) is 5.76 Å². The molecule has 3 rings (SSSR count). The highest BCUT2D eigenvalue weighted by Gasteiger charge is 2.28. The van der Waals surface area contributed by atoms with Crippen molar-refractivity contribution in [2.45, 2.75) is 11.8 Å². The van der Waals surface area contributed by atoms with Crippen LogP contribution < -0.4 is 5.43 Å². The lowest BCUT2D eigenvalue weighted by Crippen LogP contribution is -2.50. The van der Waals surface area contributed by atoms with Crippen LogP contribution in [0, 0.1) is 6.92 Å². The monoisotopic (exact) mass is 390 g/mol. The number of sulfonamides is 1. The molecule has 1 fully saturated rings. The number of piperazine rings is 1. The normalized spacial score (nSPS) is 16.6. The minimum absolute atomic E-state index is 0.161. The average Bonchev–Trinajstić information content (AvgIpc) is 3.16. The number of furan rings is 1. The summed E-state index contributed by atoms with van der Waals surface area (Å²) in [5.74, 6) is 0.290. The molecule has 1 amide bonds. The van der Waals surface area contributed by atoms with Gasteiger partial charge >= 0.3 is 0 Å². The van der Waals surface area contributed by atoms with Crippen molar-refractivity contribution in [1.29, 1.82) is 0 Å². The smallest absolute Gasteiger partial charge is 0.254 e. The number of amides is 1. The van der Waals surface area contributed by atoms with Crippen molar-refractivity contribution >= 4 is 22.1 Å². The molecule has 1 N–H and O–H groups in total. The first kappa shape index (κ1) is 19.3. The van der Waals surface area contributed by atoms with Crippen LogP contribution in [0.5, 0.6) is 0 Å². The second-order valence-corrected chi connectivity index (χ2v) is 8.24. The van der Waals surface area contributed by atoms with E-state index in [9.17, 15) is 13.2 Å². The van der Waals surface area contributed by atoms with Crippen LogP contribution in [0.15, 0.2) is 57.1 Å². The molecule has 2 heterocycles. The van der Waals surface area contributed by atoms with Crippen molar-refractivity contribution < 1.29 is 17.6 Å². The first-order valence-electron chi connectivity index (χ1n) is 8.60. The van der Waals surface area contributed by atoms with Crippen LogP contribution in [0.25, 0.3) is 0 Å². The number of rotatable bonds is 6. The number of carbonyl (C=O) groups is 1. The molecule has 0 atom stereocenters. The molecule has 9 heteroatoms. The van der Waals surface area contributed by atoms with Crippen molar-refractivity contribution in [2.75, 3.05) is 32.7 Å². The Hall–Kier alpha value is -2.49. The van der Waals surface area contributed by atoms with Crippen LogP contribution in [0.2, 0.25) is 0 Å². The highest BCUT2D eigenvalue weighted by molar-refractivity contribution is 7.89. The molecular weight excluding hydrogens is 368 g/mol. The number of benzene rings is 1. The van der Waals surface area contributed by atoms with Crippen LogP contribution in [0.3, 0.4) is 0 Å². The summed E-state index contributed by atoms with van der Waals surface area (Å²) >= 11 is 0. The predicted octanol–water partition coefficient (Wildman–Crippen LogP) is 1.04. The van der Waals surface area contributed by atoms with Gasteiger partial charge in [-0.25, -0.2) is 13.8 Å². The molecule has 8 nitrogen and oxygen atoms in total. The molecule has 0 spiro atoms. The molecule has 1 aliphatic rings. The molecule has 144 valence electrons. The summed E-state index contributed by atoms with van der Waals surface area (Å²) < 4.78 is 31.9. The first-order chi connectivity index (χ1) is 12.9. The SMILES string of the molecule is Cc1ccc(S(=O)(=O)N2CCN(CC(=O)NN=Cc3ccco3)CC2)cc1. The molecule has 0 aliphatic carbocycles. The molecule has 0 saturated carbocycles. The number of nitrogens with zero attached hydrogens (tertiary/aromatic N) is 3. The average molecular weight is 390 g/mol. The van der Waals surface area contributed by atoms with Crippen LogP contribution in [-0.2, 0) is 14.8 Å². The fraction of sp³-hybridized carbons (Fsp3) is 0.333. The van der Waals surface area contributed by atoms with Gasteiger partial charge in [0.2, 0.25) is 10.0 Å². The van der Waals surface area contributed by atoms with Crippen molar-refractivity contribution in [3.63, 3.8) is 0 Å². The molecule has 1 saturated heterocycles. The van der Waals surface area contributed by atoms with Gasteiger partial charge in [-0.15, -0.1) is 0 Å². The minimum Gasteiger partial charge on any atom is -0.463 e. The molecule has 0 bridgehead atoms. The third-order valence-corrected chi connectivity index (χ3v) is 6.19. The van der Waals surface area contributed by atoms with E-state index in [4.69, 9.17) is 4.42 Å². The summed E-state index contributed by atoms with van der Waals surface area (Å²) in [6, 6.07) is 10.3. The zero-order chi connectivity index (χ0) is 19.3. The van der Waals surface area contributed by atoms with E-state index in [1.807, 2.05) is 11.8 Å². The number of aryl methyl sites for hydroxylation is 1. The number of hydrogen-bond donors (Lipinski definition) is 1. The fourth-order valence-electron chi connectivity index (χ4n) is 2.76. The van der Waals surface area contributed by atoms with Gasteiger partial charge in [-0.05, 0) is 31.2 Å². The lowest BCUT2D eigenvalue weighted by Gasteiger charge is -2.33. The predicted molar refractivity (Wildman–Crippen MR) is 101 cm³/mol. The second-order valence-electron chi connectivity index (χ2n) is 6.30. The van der Waals surface area contributed by atoms with E-state index in [0.717, 1.165) is 5.56 Å². The Bertz CT molecular complexity index is 884. The van der Waals surface area contributed by atoms with Gasteiger partial charge in [0, 0.05) is 26.2 Å². The van der Waals surface area contributed by atoms with Gasteiger partial charge in [0.15, 0.2) is 0 Å². The Morgan fingerprint density at radius 3 is 2.52 bits per heavy atom. The standard InChI is InChI=1S/C18H22N4O4S/c1-15-4-6-17(7-5-15)27(24,25)22-10-8-21(9-11-22)14-18(23)20-19-13-16-3-2-12-26-16/h2-7,12-13H,8-11,14H2,1H3,(H,20,23). The molecule has 0 unspecified atom stereocenters. The quantitative estimate of drug-likeness (QED) is 0.587. The molecule has 1 aliphatic heterocycles. The summed E-state index contributed by atoms with van der Waals surface area (Å²) in [4.78, 5) is 14.1. The lowest BCUT2D eigenvalue weighted by atomic mass is 10.2. The Balaban J connectivity index is 1.48. The third-order valence-electron chi connectivity index (χ3n) is 4.28. The lowest BCUT2D eigenvalue weighted by molar-refractivity contribution is -0.122. The number of carbonyl (C=O) groups excluding carboxylic acids is 1. The van der Waals surface area contributed by atoms with Crippen molar-refractivity contribution in [3.8, 4) is 0 Å². The van der Waals surface area contributed by atoms with E-state index in [2.05, 4.69) is 10.5 Å². The van der Waals surface area contributed by atoms with E-state index in [1.54, 1.807) is 36.4 Å². The van der Waals surface area contributed by atoms with Crippen LogP contribution >= 0.6 is 0 Å². The first-order valence-corrected chi connectivity index (χ1v) is 10.0. The van der Waals surface area contributed by atoms with E-state index >= 15 is 0 Å². The maximum Gasteiger partial charge on any atom is 0.254 e. The van der Waals surface area contributed by atoms with Crippen LogP contribution in [-0.4, -0.2) is 62.5 Å². The zero-order valence-electron chi connectivity index (χ0n) is 15.0. The van der Waals surface area contributed by atoms with Crippen molar-refractivity contribution in [3.05, 3.63) is 54.0 Å². The Morgan fingerprint density at radius 1 is 1.19 bits per heavy atom. The van der Waals surface area contributed by atoms with E-state index in [1.165, 1.54) is 16.8 Å². The molecule has 1 aromatic heterocycles. The Labute approximate surface area is 158 Å². The number of nitrogens with one attached hydrogen (secondary N) is 1. The van der Waals surface area contributed by atoms with Gasteiger partial charge in [0.25, 0.3) is 5.91 Å². The van der Waals surface area contributed by atoms with Crippen molar-refractivity contribution in [2.24, 2.45) is 5.10 Å². The summed E-state index contributed by atoms with van der Waals surface area (Å²) in [5.41, 5.74) is 3.45. The van der Waals surface area contributed by atoms with Crippen molar-refractivity contribution in [1.82, 2.24) is 14.6 Å². The Morgan fingerprint density at radius 2 is 1.89 bits per heavy atom. The van der Waals surface area contributed by atoms with Gasteiger partial charge in [-0.3, -0.25) is 9.69 Å². The number of hydrazone groups is 1. The maximum absolute atomic E-state index is 12.7. The van der Waals surface area contributed by atoms with E-state index < -0.39 is 10.0 Å². The highest BCUT2D eigenvalue weighted by Crippen LogP contribution is 2.18. The topological polar surface area (TPSA) is 95.2 Å². The molecule has 27 heavy (non-hydrogen) atoms. The molecular formula is C18H22N4O4S. The summed E-state index contributed by atoms with van der Waals surface area (Å²) in [6.07, 6.45) is 2.94. The van der Waals surface area contributed by atoms with Gasteiger partial charge in [-0.2, -0.15) is 9.41 Å². The third kappa shape index (κ3) is 5.03. The summed E-state index contributed by atoms with van der Waals surface area (Å²) in [5, 5.41) is 3.83. The largest absolute Gasteiger partial charge is 0.463 e. The second kappa shape index (κ2) is 8.47.